The average Bonchev–Trinajstić information content (AvgIpc) is 3.22. The SMILES string of the molecule is O=C1[C@@H]2CCN(Cc3ccco3)C[C@@H]2OCCN1c1ccsc1. The van der Waals surface area contributed by atoms with Gasteiger partial charge in [0.1, 0.15) is 5.76 Å². The number of piperidine rings is 1. The summed E-state index contributed by atoms with van der Waals surface area (Å²) in [5.41, 5.74) is 1.00. The lowest BCUT2D eigenvalue weighted by molar-refractivity contribution is -0.128. The molecule has 4 rings (SSSR count). The summed E-state index contributed by atoms with van der Waals surface area (Å²) in [5.74, 6) is 1.14. The lowest BCUT2D eigenvalue weighted by atomic mass is 9.92. The first-order chi connectivity index (χ1) is 11.3. The summed E-state index contributed by atoms with van der Waals surface area (Å²) in [6.45, 7) is 3.70. The maximum absolute atomic E-state index is 12.9. The summed E-state index contributed by atoms with van der Waals surface area (Å²) >= 11 is 1.62. The second-order valence-electron chi connectivity index (χ2n) is 6.09. The van der Waals surface area contributed by atoms with Gasteiger partial charge in [-0.1, -0.05) is 0 Å². The molecule has 0 radical (unpaired) electrons. The van der Waals surface area contributed by atoms with Crippen molar-refractivity contribution in [3.8, 4) is 0 Å². The van der Waals surface area contributed by atoms with Gasteiger partial charge in [0.05, 0.1) is 37.1 Å². The van der Waals surface area contributed by atoms with Crippen molar-refractivity contribution in [2.24, 2.45) is 5.92 Å². The molecule has 2 saturated heterocycles. The van der Waals surface area contributed by atoms with Crippen molar-refractivity contribution in [1.82, 2.24) is 4.90 Å². The highest BCUT2D eigenvalue weighted by atomic mass is 32.1. The van der Waals surface area contributed by atoms with Crippen LogP contribution in [-0.2, 0) is 16.1 Å². The zero-order valence-corrected chi connectivity index (χ0v) is 13.7. The van der Waals surface area contributed by atoms with E-state index in [-0.39, 0.29) is 17.9 Å². The van der Waals surface area contributed by atoms with Gasteiger partial charge in [0.15, 0.2) is 0 Å². The van der Waals surface area contributed by atoms with Gasteiger partial charge in [-0.15, -0.1) is 0 Å². The first kappa shape index (κ1) is 14.9. The predicted molar refractivity (Wildman–Crippen MR) is 88.5 cm³/mol. The fraction of sp³-hybridized carbons (Fsp3) is 0.471. The van der Waals surface area contributed by atoms with Crippen LogP contribution >= 0.6 is 11.3 Å². The number of carbonyl (C=O) groups excluding carboxylic acids is 1. The quantitative estimate of drug-likeness (QED) is 0.867. The molecule has 5 nitrogen and oxygen atoms in total. The molecule has 0 bridgehead atoms. The Morgan fingerprint density at radius 1 is 1.30 bits per heavy atom. The third kappa shape index (κ3) is 3.06. The molecule has 2 atom stereocenters. The van der Waals surface area contributed by atoms with E-state index in [9.17, 15) is 4.79 Å². The molecule has 0 N–H and O–H groups in total. The monoisotopic (exact) mass is 332 g/mol. The zero-order valence-electron chi connectivity index (χ0n) is 12.9. The lowest BCUT2D eigenvalue weighted by Crippen LogP contribution is -2.49. The van der Waals surface area contributed by atoms with Crippen LogP contribution in [0.1, 0.15) is 12.2 Å². The summed E-state index contributed by atoms with van der Waals surface area (Å²) in [6, 6.07) is 5.91. The zero-order chi connectivity index (χ0) is 15.6. The molecule has 1 amide bonds. The van der Waals surface area contributed by atoms with E-state index in [1.807, 2.05) is 33.9 Å². The van der Waals surface area contributed by atoms with E-state index in [0.29, 0.717) is 13.2 Å². The van der Waals surface area contributed by atoms with E-state index in [4.69, 9.17) is 9.15 Å². The Morgan fingerprint density at radius 2 is 2.26 bits per heavy atom. The molecule has 0 aliphatic carbocycles. The van der Waals surface area contributed by atoms with Crippen LogP contribution in [-0.4, -0.2) is 43.2 Å². The maximum atomic E-state index is 12.9. The van der Waals surface area contributed by atoms with Crippen LogP contribution in [0.25, 0.3) is 0 Å². The molecule has 2 aliphatic heterocycles. The molecular weight excluding hydrogens is 312 g/mol. The standard InChI is InChI=1S/C17H20N2O3S/c20-17-15-3-5-18(10-14-2-1-7-21-14)11-16(15)22-8-6-19(17)13-4-9-23-12-13/h1-2,4,7,9,12,15-16H,3,5-6,8,10-11H2/t15-,16+/m1/s1. The Hall–Kier alpha value is -1.63. The molecule has 0 saturated carbocycles. The second kappa shape index (κ2) is 6.47. The fourth-order valence-corrected chi connectivity index (χ4v) is 4.11. The van der Waals surface area contributed by atoms with Crippen molar-refractivity contribution in [1.29, 1.82) is 0 Å². The van der Waals surface area contributed by atoms with Crippen LogP contribution in [0, 0.1) is 5.92 Å². The van der Waals surface area contributed by atoms with Crippen molar-refractivity contribution in [3.05, 3.63) is 41.0 Å². The Morgan fingerprint density at radius 3 is 3.04 bits per heavy atom. The van der Waals surface area contributed by atoms with Gasteiger partial charge in [-0.3, -0.25) is 9.69 Å². The van der Waals surface area contributed by atoms with E-state index in [1.165, 1.54) is 0 Å². The van der Waals surface area contributed by atoms with Gasteiger partial charge in [-0.05, 0) is 36.5 Å². The van der Waals surface area contributed by atoms with E-state index in [1.54, 1.807) is 17.6 Å². The van der Waals surface area contributed by atoms with Crippen LogP contribution in [0.2, 0.25) is 0 Å². The van der Waals surface area contributed by atoms with Gasteiger partial charge in [-0.2, -0.15) is 11.3 Å². The normalized spacial score (nSPS) is 26.1. The van der Waals surface area contributed by atoms with Gasteiger partial charge < -0.3 is 14.1 Å². The van der Waals surface area contributed by atoms with Gasteiger partial charge >= 0.3 is 0 Å². The van der Waals surface area contributed by atoms with Gasteiger partial charge in [0.25, 0.3) is 0 Å². The smallest absolute Gasteiger partial charge is 0.232 e. The topological polar surface area (TPSA) is 45.9 Å². The lowest BCUT2D eigenvalue weighted by Gasteiger charge is -2.36. The number of ether oxygens (including phenoxy) is 1. The summed E-state index contributed by atoms with van der Waals surface area (Å²) in [4.78, 5) is 17.1. The largest absolute Gasteiger partial charge is 0.468 e. The van der Waals surface area contributed by atoms with Gasteiger partial charge in [0, 0.05) is 18.5 Å². The van der Waals surface area contributed by atoms with Crippen LogP contribution in [0.15, 0.2) is 39.6 Å². The molecule has 2 aliphatic rings. The molecule has 2 aromatic rings. The molecule has 0 spiro atoms. The Kier molecular flexibility index (Phi) is 4.20. The molecule has 6 heteroatoms. The first-order valence-electron chi connectivity index (χ1n) is 8.01. The number of likely N-dealkylation sites (tertiary alicyclic amines) is 1. The van der Waals surface area contributed by atoms with Crippen molar-refractivity contribution in [2.45, 2.75) is 19.1 Å². The number of anilines is 1. The Bertz CT molecular complexity index is 641. The van der Waals surface area contributed by atoms with Gasteiger partial charge in [-0.25, -0.2) is 0 Å². The molecular formula is C17H20N2O3S. The highest BCUT2D eigenvalue weighted by Crippen LogP contribution is 2.29. The fourth-order valence-electron chi connectivity index (χ4n) is 3.47. The number of thiophene rings is 1. The number of nitrogens with zero attached hydrogens (tertiary/aromatic N) is 2. The number of furan rings is 1. The van der Waals surface area contributed by atoms with E-state index in [2.05, 4.69) is 4.90 Å². The van der Waals surface area contributed by atoms with Gasteiger partial charge in [0.2, 0.25) is 5.91 Å². The van der Waals surface area contributed by atoms with Crippen molar-refractivity contribution >= 4 is 22.9 Å². The first-order valence-corrected chi connectivity index (χ1v) is 8.95. The molecule has 2 aromatic heterocycles. The predicted octanol–water partition coefficient (Wildman–Crippen LogP) is 2.60. The highest BCUT2D eigenvalue weighted by molar-refractivity contribution is 7.08. The Balaban J connectivity index is 1.46. The van der Waals surface area contributed by atoms with E-state index < -0.39 is 0 Å². The van der Waals surface area contributed by atoms with Crippen molar-refractivity contribution in [3.63, 3.8) is 0 Å². The van der Waals surface area contributed by atoms with Crippen LogP contribution in [0.5, 0.6) is 0 Å². The second-order valence-corrected chi connectivity index (χ2v) is 6.87. The number of fused-ring (bicyclic) bond motifs is 1. The van der Waals surface area contributed by atoms with Crippen molar-refractivity contribution in [2.75, 3.05) is 31.1 Å². The molecule has 4 heterocycles. The number of hydrogen-bond donors (Lipinski definition) is 0. The highest BCUT2D eigenvalue weighted by Gasteiger charge is 2.39. The average molecular weight is 332 g/mol. The molecule has 2 fully saturated rings. The minimum Gasteiger partial charge on any atom is -0.468 e. The third-order valence-electron chi connectivity index (χ3n) is 4.65. The summed E-state index contributed by atoms with van der Waals surface area (Å²) in [5, 5.41) is 4.04. The van der Waals surface area contributed by atoms with Crippen LogP contribution in [0.4, 0.5) is 5.69 Å². The molecule has 122 valence electrons. The number of amides is 1. The summed E-state index contributed by atoms with van der Waals surface area (Å²) in [6.07, 6.45) is 2.52. The molecule has 0 aromatic carbocycles. The Labute approximate surface area is 139 Å². The van der Waals surface area contributed by atoms with E-state index >= 15 is 0 Å². The number of rotatable bonds is 3. The van der Waals surface area contributed by atoms with E-state index in [0.717, 1.165) is 37.5 Å². The summed E-state index contributed by atoms with van der Waals surface area (Å²) in [7, 11) is 0. The molecule has 23 heavy (non-hydrogen) atoms. The minimum absolute atomic E-state index is 0.0187. The van der Waals surface area contributed by atoms with Crippen molar-refractivity contribution < 1.29 is 13.9 Å². The maximum Gasteiger partial charge on any atom is 0.232 e. The minimum atomic E-state index is -0.0368. The van der Waals surface area contributed by atoms with Crippen LogP contribution in [0.3, 0.4) is 0 Å². The third-order valence-corrected chi connectivity index (χ3v) is 5.32. The number of hydrogen-bond acceptors (Lipinski definition) is 5. The van der Waals surface area contributed by atoms with Crippen LogP contribution < -0.4 is 4.90 Å². The number of carbonyl (C=O) groups is 1. The summed E-state index contributed by atoms with van der Waals surface area (Å²) < 4.78 is 11.5. The molecule has 0 unspecified atom stereocenters.